The molecule has 0 N–H and O–H groups in total. The van der Waals surface area contributed by atoms with Crippen molar-refractivity contribution in [1.29, 1.82) is 0 Å². The second kappa shape index (κ2) is 7.43. The van der Waals surface area contributed by atoms with Gasteiger partial charge in [0.25, 0.3) is 11.8 Å². The number of aryl methyl sites for hydroxylation is 3. The minimum Gasteiger partial charge on any atom is -0.466 e. The van der Waals surface area contributed by atoms with E-state index in [1.165, 1.54) is 0 Å². The van der Waals surface area contributed by atoms with Crippen LogP contribution >= 0.6 is 0 Å². The molecule has 4 rings (SSSR count). The van der Waals surface area contributed by atoms with Gasteiger partial charge < -0.3 is 18.1 Å². The fraction of sp³-hybridized carbons (Fsp3) is 0.227. The summed E-state index contributed by atoms with van der Waals surface area (Å²) >= 11 is 0. The molecule has 1 aromatic carbocycles. The number of carbonyl (C=O) groups is 1. The summed E-state index contributed by atoms with van der Waals surface area (Å²) in [7, 11) is 0. The maximum absolute atomic E-state index is 12.6. The molecule has 0 spiro atoms. The predicted molar refractivity (Wildman–Crippen MR) is 106 cm³/mol. The molecule has 0 fully saturated rings. The van der Waals surface area contributed by atoms with Crippen LogP contribution in [0.5, 0.6) is 0 Å². The highest BCUT2D eigenvalue weighted by atomic mass is 16.5. The first-order chi connectivity index (χ1) is 13.9. The van der Waals surface area contributed by atoms with Crippen LogP contribution in [0.2, 0.25) is 0 Å². The van der Waals surface area contributed by atoms with Crippen molar-refractivity contribution >= 4 is 5.97 Å². The van der Waals surface area contributed by atoms with Crippen LogP contribution in [0.4, 0.5) is 0 Å². The van der Waals surface area contributed by atoms with E-state index in [9.17, 15) is 4.79 Å². The third-order valence-electron chi connectivity index (χ3n) is 4.73. The molecule has 0 aliphatic rings. The van der Waals surface area contributed by atoms with E-state index in [2.05, 4.69) is 10.2 Å². The molecule has 0 saturated heterocycles. The van der Waals surface area contributed by atoms with E-state index >= 15 is 0 Å². The molecule has 0 aliphatic heterocycles. The van der Waals surface area contributed by atoms with Crippen molar-refractivity contribution in [1.82, 2.24) is 14.8 Å². The Balaban J connectivity index is 1.49. The Bertz CT molecular complexity index is 1170. The van der Waals surface area contributed by atoms with Crippen LogP contribution in [0.1, 0.15) is 39.2 Å². The molecule has 0 aliphatic carbocycles. The Labute approximate surface area is 167 Å². The lowest BCUT2D eigenvalue weighted by Crippen LogP contribution is -2.07. The maximum atomic E-state index is 12.6. The molecule has 0 radical (unpaired) electrons. The number of ether oxygens (including phenoxy) is 1. The zero-order valence-corrected chi connectivity index (χ0v) is 16.7. The lowest BCUT2D eigenvalue weighted by Gasteiger charge is -2.09. The molecule has 29 heavy (non-hydrogen) atoms. The summed E-state index contributed by atoms with van der Waals surface area (Å²) in [4.78, 5) is 12.6. The molecular weight excluding hydrogens is 370 g/mol. The lowest BCUT2D eigenvalue weighted by atomic mass is 10.2. The van der Waals surface area contributed by atoms with Gasteiger partial charge in [-0.3, -0.25) is 0 Å². The first-order valence-corrected chi connectivity index (χ1v) is 9.25. The quantitative estimate of drug-likeness (QED) is 0.458. The molecule has 7 nitrogen and oxygen atoms in total. The Morgan fingerprint density at radius 1 is 1.03 bits per heavy atom. The Morgan fingerprint density at radius 3 is 2.48 bits per heavy atom. The summed E-state index contributed by atoms with van der Waals surface area (Å²) in [6, 6.07) is 13.5. The number of furan rings is 1. The van der Waals surface area contributed by atoms with E-state index in [4.69, 9.17) is 13.6 Å². The lowest BCUT2D eigenvalue weighted by molar-refractivity contribution is 0.0438. The Hall–Kier alpha value is -3.61. The largest absolute Gasteiger partial charge is 0.466 e. The fourth-order valence-corrected chi connectivity index (χ4v) is 3.41. The molecule has 148 valence electrons. The molecule has 7 heteroatoms. The number of rotatable bonds is 5. The predicted octanol–water partition coefficient (Wildman–Crippen LogP) is 4.71. The smallest absolute Gasteiger partial charge is 0.340 e. The van der Waals surface area contributed by atoms with Gasteiger partial charge in [-0.25, -0.2) is 4.79 Å². The zero-order valence-electron chi connectivity index (χ0n) is 16.7. The molecule has 0 amide bonds. The van der Waals surface area contributed by atoms with Crippen LogP contribution in [0.15, 0.2) is 51.3 Å². The number of esters is 1. The SMILES string of the molecule is Cc1cc(-c2nnc(COC(=O)c3cc(C)n(-c4ccccc4)c3C)o2)c(C)o1. The summed E-state index contributed by atoms with van der Waals surface area (Å²) in [6.07, 6.45) is 0. The molecule has 0 saturated carbocycles. The van der Waals surface area contributed by atoms with Crippen LogP contribution < -0.4 is 0 Å². The third kappa shape index (κ3) is 3.59. The van der Waals surface area contributed by atoms with Crippen molar-refractivity contribution in [2.45, 2.75) is 34.3 Å². The molecule has 4 aromatic rings. The second-order valence-electron chi connectivity index (χ2n) is 6.86. The van der Waals surface area contributed by atoms with Crippen LogP contribution in [0.25, 0.3) is 17.1 Å². The van der Waals surface area contributed by atoms with E-state index in [-0.39, 0.29) is 12.5 Å². The van der Waals surface area contributed by atoms with Gasteiger partial charge in [0.1, 0.15) is 11.5 Å². The summed E-state index contributed by atoms with van der Waals surface area (Å²) in [6.45, 7) is 7.43. The Kier molecular flexibility index (Phi) is 4.80. The van der Waals surface area contributed by atoms with Crippen molar-refractivity contribution < 1.29 is 18.4 Å². The number of hydrogen-bond acceptors (Lipinski definition) is 6. The standard InChI is InChI=1S/C22H21N3O4/c1-13-10-18(15(3)25(13)17-8-6-5-7-9-17)22(26)27-12-20-23-24-21(29-20)19-11-14(2)28-16(19)4/h5-11H,12H2,1-4H3. The Morgan fingerprint density at radius 2 is 1.79 bits per heavy atom. The van der Waals surface area contributed by atoms with Gasteiger partial charge in [-0.15, -0.1) is 10.2 Å². The number of nitrogens with zero attached hydrogens (tertiary/aromatic N) is 3. The van der Waals surface area contributed by atoms with Gasteiger partial charge in [0.2, 0.25) is 0 Å². The highest BCUT2D eigenvalue weighted by Gasteiger charge is 2.20. The molecular formula is C22H21N3O4. The van der Waals surface area contributed by atoms with E-state index in [0.717, 1.165) is 28.4 Å². The van der Waals surface area contributed by atoms with E-state index < -0.39 is 5.97 Å². The highest BCUT2D eigenvalue weighted by molar-refractivity contribution is 5.91. The maximum Gasteiger partial charge on any atom is 0.340 e. The minimum absolute atomic E-state index is 0.100. The normalized spacial score (nSPS) is 11.0. The van der Waals surface area contributed by atoms with Crippen LogP contribution in [-0.4, -0.2) is 20.7 Å². The molecule has 0 unspecified atom stereocenters. The average Bonchev–Trinajstić information content (AvgIpc) is 3.38. The minimum atomic E-state index is -0.435. The van der Waals surface area contributed by atoms with Gasteiger partial charge in [0.05, 0.1) is 11.1 Å². The van der Waals surface area contributed by atoms with Gasteiger partial charge in [0, 0.05) is 17.1 Å². The van der Waals surface area contributed by atoms with Crippen LogP contribution in [0, 0.1) is 27.7 Å². The van der Waals surface area contributed by atoms with E-state index in [1.807, 2.05) is 74.7 Å². The van der Waals surface area contributed by atoms with Gasteiger partial charge in [-0.1, -0.05) is 18.2 Å². The number of para-hydroxylation sites is 1. The van der Waals surface area contributed by atoms with Crippen molar-refractivity contribution in [3.8, 4) is 17.1 Å². The highest BCUT2D eigenvalue weighted by Crippen LogP contribution is 2.26. The van der Waals surface area contributed by atoms with Crippen LogP contribution in [0.3, 0.4) is 0 Å². The first kappa shape index (κ1) is 18.7. The fourth-order valence-electron chi connectivity index (χ4n) is 3.41. The molecule has 3 aromatic heterocycles. The van der Waals surface area contributed by atoms with Crippen molar-refractivity contribution in [2.24, 2.45) is 0 Å². The zero-order chi connectivity index (χ0) is 20.5. The topological polar surface area (TPSA) is 83.3 Å². The number of benzene rings is 1. The summed E-state index contributed by atoms with van der Waals surface area (Å²) in [5, 5.41) is 7.98. The van der Waals surface area contributed by atoms with Crippen molar-refractivity contribution in [3.63, 3.8) is 0 Å². The third-order valence-corrected chi connectivity index (χ3v) is 4.73. The monoisotopic (exact) mass is 391 g/mol. The van der Waals surface area contributed by atoms with Crippen LogP contribution in [-0.2, 0) is 11.3 Å². The van der Waals surface area contributed by atoms with E-state index in [0.29, 0.717) is 17.2 Å². The number of aromatic nitrogens is 3. The first-order valence-electron chi connectivity index (χ1n) is 9.25. The van der Waals surface area contributed by atoms with Gasteiger partial charge in [0.15, 0.2) is 6.61 Å². The summed E-state index contributed by atoms with van der Waals surface area (Å²) in [5.74, 6) is 1.59. The molecule has 0 atom stereocenters. The van der Waals surface area contributed by atoms with Crippen molar-refractivity contribution in [2.75, 3.05) is 0 Å². The summed E-state index contributed by atoms with van der Waals surface area (Å²) in [5.41, 5.74) is 4.00. The van der Waals surface area contributed by atoms with Gasteiger partial charge >= 0.3 is 5.97 Å². The molecule has 3 heterocycles. The number of hydrogen-bond donors (Lipinski definition) is 0. The van der Waals surface area contributed by atoms with Crippen molar-refractivity contribution in [3.05, 3.63) is 76.8 Å². The van der Waals surface area contributed by atoms with E-state index in [1.54, 1.807) is 0 Å². The second-order valence-corrected chi connectivity index (χ2v) is 6.86. The van der Waals surface area contributed by atoms with Gasteiger partial charge in [-0.05, 0) is 52.0 Å². The average molecular weight is 391 g/mol. The number of carbonyl (C=O) groups excluding carboxylic acids is 1. The summed E-state index contributed by atoms with van der Waals surface area (Å²) < 4.78 is 18.5. The molecule has 0 bridgehead atoms. The van der Waals surface area contributed by atoms with Gasteiger partial charge in [-0.2, -0.15) is 0 Å².